The van der Waals surface area contributed by atoms with E-state index >= 15 is 0 Å². The van der Waals surface area contributed by atoms with E-state index in [1.54, 1.807) is 12.0 Å². The molecular formula is C11H17N5O2. The third-order valence-corrected chi connectivity index (χ3v) is 3.06. The highest BCUT2D eigenvalue weighted by Gasteiger charge is 2.24. The van der Waals surface area contributed by atoms with Crippen molar-refractivity contribution in [1.82, 2.24) is 14.9 Å². The van der Waals surface area contributed by atoms with Gasteiger partial charge in [0.25, 0.3) is 5.91 Å². The van der Waals surface area contributed by atoms with Crippen LogP contribution >= 0.6 is 0 Å². The molecule has 1 aromatic heterocycles. The normalized spacial score (nSPS) is 16.7. The Bertz CT molecular complexity index is 418. The lowest BCUT2D eigenvalue weighted by molar-refractivity contribution is 0.0347. The minimum atomic E-state index is -0.117. The lowest BCUT2D eigenvalue weighted by Gasteiger charge is -2.30. The number of ether oxygens (including phenoxy) is 1. The summed E-state index contributed by atoms with van der Waals surface area (Å²) in [6.45, 7) is 1.36. The van der Waals surface area contributed by atoms with Gasteiger partial charge in [0.1, 0.15) is 5.69 Å². The number of hydrazine groups is 1. The number of methoxy groups -OCH3 is 1. The fourth-order valence-corrected chi connectivity index (χ4v) is 2.00. The minimum absolute atomic E-state index is 0.117. The van der Waals surface area contributed by atoms with E-state index in [1.807, 2.05) is 0 Å². The third-order valence-electron chi connectivity index (χ3n) is 3.06. The second kappa shape index (κ2) is 5.74. The van der Waals surface area contributed by atoms with Gasteiger partial charge in [-0.15, -0.1) is 0 Å². The number of anilines is 1. The number of nitrogens with zero attached hydrogens (tertiary/aromatic N) is 3. The molecule has 1 saturated heterocycles. The van der Waals surface area contributed by atoms with Crippen LogP contribution in [0.25, 0.3) is 0 Å². The maximum atomic E-state index is 12.2. The van der Waals surface area contributed by atoms with Crippen LogP contribution in [0.1, 0.15) is 23.3 Å². The lowest BCUT2D eigenvalue weighted by atomic mass is 10.1. The van der Waals surface area contributed by atoms with E-state index in [2.05, 4.69) is 15.4 Å². The summed E-state index contributed by atoms with van der Waals surface area (Å²) < 4.78 is 5.27. The number of likely N-dealkylation sites (tertiary alicyclic amines) is 1. The number of hydrogen-bond acceptors (Lipinski definition) is 6. The first-order valence-corrected chi connectivity index (χ1v) is 5.85. The molecule has 2 rings (SSSR count). The van der Waals surface area contributed by atoms with Gasteiger partial charge in [-0.1, -0.05) is 0 Å². The predicted octanol–water partition coefficient (Wildman–Crippen LogP) is 0.0132. The Kier molecular flexibility index (Phi) is 4.06. The van der Waals surface area contributed by atoms with Crippen LogP contribution in [0.2, 0.25) is 0 Å². The van der Waals surface area contributed by atoms with Crippen LogP contribution in [-0.4, -0.2) is 47.1 Å². The zero-order valence-corrected chi connectivity index (χ0v) is 10.3. The van der Waals surface area contributed by atoms with Crippen LogP contribution in [0, 0.1) is 0 Å². The van der Waals surface area contributed by atoms with Crippen molar-refractivity contribution in [3.8, 4) is 0 Å². The average molecular weight is 251 g/mol. The quantitative estimate of drug-likeness (QED) is 0.581. The standard InChI is InChI=1S/C11H17N5O2/c1-18-8-2-4-16(5-3-8)11(17)9-6-13-7-10(14-9)15-12/h6-8H,2-5,12H2,1H3,(H,14,15). The summed E-state index contributed by atoms with van der Waals surface area (Å²) >= 11 is 0. The molecule has 0 atom stereocenters. The van der Waals surface area contributed by atoms with Gasteiger partial charge >= 0.3 is 0 Å². The molecule has 1 aliphatic rings. The molecule has 1 fully saturated rings. The van der Waals surface area contributed by atoms with E-state index in [9.17, 15) is 4.79 Å². The largest absolute Gasteiger partial charge is 0.381 e. The zero-order chi connectivity index (χ0) is 13.0. The molecule has 18 heavy (non-hydrogen) atoms. The monoisotopic (exact) mass is 251 g/mol. The highest BCUT2D eigenvalue weighted by atomic mass is 16.5. The van der Waals surface area contributed by atoms with Gasteiger partial charge in [0.2, 0.25) is 0 Å². The van der Waals surface area contributed by atoms with Crippen LogP contribution in [-0.2, 0) is 4.74 Å². The number of carbonyl (C=O) groups is 1. The zero-order valence-electron chi connectivity index (χ0n) is 10.3. The molecule has 0 bridgehead atoms. The molecule has 0 aliphatic carbocycles. The van der Waals surface area contributed by atoms with E-state index in [0.29, 0.717) is 24.6 Å². The van der Waals surface area contributed by atoms with Gasteiger partial charge in [-0.2, -0.15) is 0 Å². The molecular weight excluding hydrogens is 234 g/mol. The fraction of sp³-hybridized carbons (Fsp3) is 0.545. The van der Waals surface area contributed by atoms with Crippen molar-refractivity contribution in [3.63, 3.8) is 0 Å². The molecule has 0 aromatic carbocycles. The lowest BCUT2D eigenvalue weighted by Crippen LogP contribution is -2.41. The smallest absolute Gasteiger partial charge is 0.274 e. The summed E-state index contributed by atoms with van der Waals surface area (Å²) in [5.41, 5.74) is 2.68. The topological polar surface area (TPSA) is 93.4 Å². The van der Waals surface area contributed by atoms with E-state index in [1.165, 1.54) is 12.4 Å². The maximum Gasteiger partial charge on any atom is 0.274 e. The Morgan fingerprint density at radius 2 is 2.22 bits per heavy atom. The summed E-state index contributed by atoms with van der Waals surface area (Å²) in [7, 11) is 1.70. The van der Waals surface area contributed by atoms with E-state index in [-0.39, 0.29) is 12.0 Å². The molecule has 2 heterocycles. The Balaban J connectivity index is 2.03. The Morgan fingerprint density at radius 1 is 1.50 bits per heavy atom. The van der Waals surface area contributed by atoms with Crippen LogP contribution in [0.3, 0.4) is 0 Å². The van der Waals surface area contributed by atoms with Gasteiger partial charge in [-0.05, 0) is 12.8 Å². The van der Waals surface area contributed by atoms with Gasteiger partial charge in [-0.3, -0.25) is 9.78 Å². The van der Waals surface area contributed by atoms with Crippen LogP contribution in [0.4, 0.5) is 5.82 Å². The Hall–Kier alpha value is -1.73. The van der Waals surface area contributed by atoms with Crippen molar-refractivity contribution in [2.24, 2.45) is 5.84 Å². The molecule has 3 N–H and O–H groups in total. The highest BCUT2D eigenvalue weighted by molar-refractivity contribution is 5.92. The number of nitrogens with two attached hydrogens (primary N) is 1. The summed E-state index contributed by atoms with van der Waals surface area (Å²) in [4.78, 5) is 22.0. The van der Waals surface area contributed by atoms with Crippen molar-refractivity contribution in [2.45, 2.75) is 18.9 Å². The van der Waals surface area contributed by atoms with Crippen molar-refractivity contribution in [3.05, 3.63) is 18.1 Å². The highest BCUT2D eigenvalue weighted by Crippen LogP contribution is 2.15. The second-order valence-corrected chi connectivity index (χ2v) is 4.16. The first-order chi connectivity index (χ1) is 8.74. The number of piperidine rings is 1. The van der Waals surface area contributed by atoms with Crippen molar-refractivity contribution in [1.29, 1.82) is 0 Å². The number of carbonyl (C=O) groups excluding carboxylic acids is 1. The van der Waals surface area contributed by atoms with E-state index in [4.69, 9.17) is 10.6 Å². The van der Waals surface area contributed by atoms with Gasteiger partial charge in [0.15, 0.2) is 5.82 Å². The average Bonchev–Trinajstić information content (AvgIpc) is 2.46. The number of nitrogen functional groups attached to an aromatic ring is 1. The summed E-state index contributed by atoms with van der Waals surface area (Å²) in [5, 5.41) is 0. The number of nitrogens with one attached hydrogen (secondary N) is 1. The minimum Gasteiger partial charge on any atom is -0.381 e. The summed E-state index contributed by atoms with van der Waals surface area (Å²) in [6, 6.07) is 0. The maximum absolute atomic E-state index is 12.2. The van der Waals surface area contributed by atoms with Crippen LogP contribution in [0.5, 0.6) is 0 Å². The van der Waals surface area contributed by atoms with Crippen LogP contribution < -0.4 is 11.3 Å². The summed E-state index contributed by atoms with van der Waals surface area (Å²) in [6.07, 6.45) is 4.87. The summed E-state index contributed by atoms with van der Waals surface area (Å²) in [5.74, 6) is 5.51. The Labute approximate surface area is 105 Å². The van der Waals surface area contributed by atoms with Gasteiger partial charge in [0, 0.05) is 20.2 Å². The van der Waals surface area contributed by atoms with Crippen molar-refractivity contribution < 1.29 is 9.53 Å². The van der Waals surface area contributed by atoms with Gasteiger partial charge < -0.3 is 15.1 Å². The van der Waals surface area contributed by atoms with Crippen LogP contribution in [0.15, 0.2) is 12.4 Å². The molecule has 98 valence electrons. The molecule has 0 saturated carbocycles. The van der Waals surface area contributed by atoms with Gasteiger partial charge in [0.05, 0.1) is 18.5 Å². The SMILES string of the molecule is COC1CCN(C(=O)c2cncc(NN)n2)CC1. The van der Waals surface area contributed by atoms with Crippen molar-refractivity contribution >= 4 is 11.7 Å². The molecule has 1 aromatic rings. The van der Waals surface area contributed by atoms with E-state index < -0.39 is 0 Å². The first kappa shape index (κ1) is 12.7. The van der Waals surface area contributed by atoms with E-state index in [0.717, 1.165) is 12.8 Å². The van der Waals surface area contributed by atoms with Crippen molar-refractivity contribution in [2.75, 3.05) is 25.6 Å². The number of amides is 1. The first-order valence-electron chi connectivity index (χ1n) is 5.85. The number of rotatable bonds is 3. The fourth-order valence-electron chi connectivity index (χ4n) is 2.00. The van der Waals surface area contributed by atoms with Gasteiger partial charge in [-0.25, -0.2) is 10.8 Å². The molecule has 7 heteroatoms. The molecule has 0 spiro atoms. The second-order valence-electron chi connectivity index (χ2n) is 4.16. The molecule has 0 radical (unpaired) electrons. The Morgan fingerprint density at radius 3 is 2.83 bits per heavy atom. The number of hydrogen-bond donors (Lipinski definition) is 2. The molecule has 1 amide bonds. The molecule has 7 nitrogen and oxygen atoms in total. The predicted molar refractivity (Wildman–Crippen MR) is 65.8 cm³/mol. The molecule has 1 aliphatic heterocycles. The molecule has 0 unspecified atom stereocenters. The third kappa shape index (κ3) is 2.74. The number of aromatic nitrogens is 2.